The maximum atomic E-state index is 11.7. The first kappa shape index (κ1) is 20.9. The van der Waals surface area contributed by atoms with Crippen LogP contribution in [0.5, 0.6) is 0 Å². The molecule has 1 rings (SSSR count). The highest BCUT2D eigenvalue weighted by atomic mass is 127. The Morgan fingerprint density at radius 1 is 1.14 bits per heavy atom. The molecule has 0 spiro atoms. The highest BCUT2D eigenvalue weighted by Gasteiger charge is 2.23. The Morgan fingerprint density at radius 2 is 1.77 bits per heavy atom. The van der Waals surface area contributed by atoms with Crippen molar-refractivity contribution < 1.29 is 9.59 Å². The van der Waals surface area contributed by atoms with Gasteiger partial charge in [0.1, 0.15) is 6.54 Å². The lowest BCUT2D eigenvalue weighted by molar-refractivity contribution is -0.121. The number of carbonyl (C=O) groups excluding carboxylic acids is 2. The van der Waals surface area contributed by atoms with E-state index in [1.54, 1.807) is 0 Å². The van der Waals surface area contributed by atoms with Gasteiger partial charge in [-0.3, -0.25) is 9.59 Å². The fourth-order valence-electron chi connectivity index (χ4n) is 1.62. The van der Waals surface area contributed by atoms with E-state index in [1.807, 2.05) is 27.7 Å². The number of hydrogen-bond donors (Lipinski definition) is 4. The lowest BCUT2D eigenvalue weighted by Gasteiger charge is -2.20. The van der Waals surface area contributed by atoms with E-state index in [9.17, 15) is 9.59 Å². The normalized spacial score (nSPS) is 14.6. The summed E-state index contributed by atoms with van der Waals surface area (Å²) in [6, 6.07) is 0.344. The van der Waals surface area contributed by atoms with E-state index in [-0.39, 0.29) is 54.4 Å². The second-order valence-electron chi connectivity index (χ2n) is 6.19. The molecule has 0 aromatic carbocycles. The van der Waals surface area contributed by atoms with Crippen molar-refractivity contribution in [2.75, 3.05) is 19.6 Å². The molecule has 4 N–H and O–H groups in total. The number of halogens is 1. The number of amides is 2. The Hall–Kier alpha value is -1.06. The summed E-state index contributed by atoms with van der Waals surface area (Å²) in [5.41, 5.74) is -0.275. The zero-order valence-electron chi connectivity index (χ0n) is 13.8. The molecule has 0 saturated heterocycles. The lowest BCUT2D eigenvalue weighted by atomic mass is 10.1. The highest BCUT2D eigenvalue weighted by Crippen LogP contribution is 2.18. The Bertz CT molecular complexity index is 403. The Balaban J connectivity index is 0.00000441. The third-order valence-corrected chi connectivity index (χ3v) is 2.60. The number of guanidine groups is 1. The Morgan fingerprint density at radius 3 is 2.27 bits per heavy atom. The van der Waals surface area contributed by atoms with Crippen LogP contribution in [-0.4, -0.2) is 49.0 Å². The van der Waals surface area contributed by atoms with Gasteiger partial charge in [-0.25, -0.2) is 4.99 Å². The zero-order valence-corrected chi connectivity index (χ0v) is 16.1. The van der Waals surface area contributed by atoms with Crippen LogP contribution in [0.15, 0.2) is 4.99 Å². The first-order valence-electron chi connectivity index (χ1n) is 7.42. The van der Waals surface area contributed by atoms with Gasteiger partial charge >= 0.3 is 0 Å². The van der Waals surface area contributed by atoms with E-state index in [1.165, 1.54) is 0 Å². The molecule has 1 aliphatic carbocycles. The van der Waals surface area contributed by atoms with Crippen molar-refractivity contribution in [2.24, 2.45) is 4.99 Å². The molecule has 1 fully saturated rings. The molecule has 0 aliphatic heterocycles. The summed E-state index contributed by atoms with van der Waals surface area (Å²) in [6.07, 6.45) is 2.12. The Kier molecular flexibility index (Phi) is 9.38. The molecule has 0 atom stereocenters. The van der Waals surface area contributed by atoms with Gasteiger partial charge in [0.15, 0.2) is 5.96 Å². The Labute approximate surface area is 149 Å². The molecule has 1 saturated carbocycles. The van der Waals surface area contributed by atoms with E-state index >= 15 is 0 Å². The molecule has 22 heavy (non-hydrogen) atoms. The summed E-state index contributed by atoms with van der Waals surface area (Å²) >= 11 is 0. The van der Waals surface area contributed by atoms with Crippen LogP contribution >= 0.6 is 24.0 Å². The lowest BCUT2D eigenvalue weighted by Crippen LogP contribution is -2.45. The van der Waals surface area contributed by atoms with Crippen LogP contribution in [-0.2, 0) is 9.59 Å². The largest absolute Gasteiger partial charge is 0.357 e. The fraction of sp³-hybridized carbons (Fsp3) is 0.786. The van der Waals surface area contributed by atoms with Crippen molar-refractivity contribution >= 4 is 41.8 Å². The summed E-state index contributed by atoms with van der Waals surface area (Å²) < 4.78 is 0. The second kappa shape index (κ2) is 9.86. The summed E-state index contributed by atoms with van der Waals surface area (Å²) in [5.74, 6) is 0.261. The minimum Gasteiger partial charge on any atom is -0.357 e. The van der Waals surface area contributed by atoms with Crippen LogP contribution in [0.2, 0.25) is 0 Å². The number of hydrogen-bond acceptors (Lipinski definition) is 3. The molecule has 0 unspecified atom stereocenters. The molecule has 2 amide bonds. The van der Waals surface area contributed by atoms with Crippen LogP contribution in [0.3, 0.4) is 0 Å². The van der Waals surface area contributed by atoms with Gasteiger partial charge in [0.05, 0.1) is 6.54 Å². The number of aliphatic imine (C=N–C) groups is 1. The average Bonchev–Trinajstić information content (AvgIpc) is 3.14. The van der Waals surface area contributed by atoms with Crippen molar-refractivity contribution in [3.63, 3.8) is 0 Å². The fourth-order valence-corrected chi connectivity index (χ4v) is 1.62. The van der Waals surface area contributed by atoms with Gasteiger partial charge in [-0.1, -0.05) is 0 Å². The third kappa shape index (κ3) is 10.6. The number of rotatable bonds is 6. The second-order valence-corrected chi connectivity index (χ2v) is 6.19. The maximum absolute atomic E-state index is 11.7. The minimum absolute atomic E-state index is 0. The molecular formula is C14H28IN5O2. The van der Waals surface area contributed by atoms with Gasteiger partial charge in [-0.2, -0.15) is 0 Å². The topological polar surface area (TPSA) is 94.6 Å². The molecule has 7 nitrogen and oxygen atoms in total. The first-order chi connectivity index (χ1) is 9.80. The molecule has 0 heterocycles. The van der Waals surface area contributed by atoms with E-state index in [0.717, 1.165) is 12.8 Å². The van der Waals surface area contributed by atoms with Crippen molar-refractivity contribution in [1.29, 1.82) is 0 Å². The average molecular weight is 425 g/mol. The maximum Gasteiger partial charge on any atom is 0.242 e. The van der Waals surface area contributed by atoms with Gasteiger partial charge in [0, 0.05) is 18.1 Å². The summed E-state index contributed by atoms with van der Waals surface area (Å²) in [7, 11) is 0. The molecule has 0 aromatic heterocycles. The molecule has 8 heteroatoms. The molecule has 1 aliphatic rings. The molecular weight excluding hydrogens is 397 g/mol. The first-order valence-corrected chi connectivity index (χ1v) is 7.42. The van der Waals surface area contributed by atoms with Crippen LogP contribution in [0, 0.1) is 0 Å². The zero-order chi connectivity index (χ0) is 15.9. The molecule has 128 valence electrons. The highest BCUT2D eigenvalue weighted by molar-refractivity contribution is 14.0. The molecule has 0 bridgehead atoms. The number of nitrogens with zero attached hydrogens (tertiary/aromatic N) is 1. The predicted octanol–water partition coefficient (Wildman–Crippen LogP) is 0.353. The van der Waals surface area contributed by atoms with Crippen molar-refractivity contribution in [3.8, 4) is 0 Å². The standard InChI is InChI=1S/C14H27N5O2.HI/c1-5-15-13(16-8-11(20)18-10-6-7-10)17-9-12(21)19-14(2,3)4;/h10H,5-9H2,1-4H3,(H,18,20)(H,19,21)(H2,15,16,17);1H. The minimum atomic E-state index is -0.275. The smallest absolute Gasteiger partial charge is 0.242 e. The van der Waals surface area contributed by atoms with Crippen LogP contribution in [0.4, 0.5) is 0 Å². The van der Waals surface area contributed by atoms with Gasteiger partial charge < -0.3 is 21.3 Å². The van der Waals surface area contributed by atoms with E-state index in [0.29, 0.717) is 18.5 Å². The van der Waals surface area contributed by atoms with Gasteiger partial charge in [0.2, 0.25) is 11.8 Å². The number of nitrogens with one attached hydrogen (secondary N) is 4. The van der Waals surface area contributed by atoms with Crippen LogP contribution in [0.1, 0.15) is 40.5 Å². The third-order valence-electron chi connectivity index (χ3n) is 2.60. The van der Waals surface area contributed by atoms with Gasteiger partial charge in [-0.15, -0.1) is 24.0 Å². The SMILES string of the molecule is CCNC(=NCC(=O)NC(C)(C)C)NCC(=O)NC1CC1.I. The van der Waals surface area contributed by atoms with E-state index < -0.39 is 0 Å². The van der Waals surface area contributed by atoms with Crippen LogP contribution in [0.25, 0.3) is 0 Å². The van der Waals surface area contributed by atoms with Gasteiger partial charge in [-0.05, 0) is 40.5 Å². The van der Waals surface area contributed by atoms with Crippen molar-refractivity contribution in [2.45, 2.75) is 52.1 Å². The summed E-state index contributed by atoms with van der Waals surface area (Å²) in [4.78, 5) is 27.5. The van der Waals surface area contributed by atoms with E-state index in [4.69, 9.17) is 0 Å². The summed E-state index contributed by atoms with van der Waals surface area (Å²) in [6.45, 7) is 8.52. The summed E-state index contributed by atoms with van der Waals surface area (Å²) in [5, 5.41) is 11.6. The van der Waals surface area contributed by atoms with E-state index in [2.05, 4.69) is 26.3 Å². The predicted molar refractivity (Wildman–Crippen MR) is 98.5 cm³/mol. The van der Waals surface area contributed by atoms with Crippen LogP contribution < -0.4 is 21.3 Å². The van der Waals surface area contributed by atoms with Crippen molar-refractivity contribution in [3.05, 3.63) is 0 Å². The molecule has 0 radical (unpaired) electrons. The quantitative estimate of drug-likeness (QED) is 0.281. The number of carbonyl (C=O) groups is 2. The van der Waals surface area contributed by atoms with Crippen molar-refractivity contribution in [1.82, 2.24) is 21.3 Å². The monoisotopic (exact) mass is 425 g/mol. The van der Waals surface area contributed by atoms with Gasteiger partial charge in [0.25, 0.3) is 0 Å². The molecule has 0 aromatic rings.